The number of rotatable bonds is 4. The maximum absolute atomic E-state index is 12.2. The van der Waals surface area contributed by atoms with Gasteiger partial charge in [-0.25, -0.2) is 8.42 Å². The highest BCUT2D eigenvalue weighted by molar-refractivity contribution is 14.1. The third-order valence-corrected chi connectivity index (χ3v) is 4.61. The van der Waals surface area contributed by atoms with Crippen LogP contribution in [0.2, 0.25) is 0 Å². The molecule has 2 rings (SSSR count). The summed E-state index contributed by atoms with van der Waals surface area (Å²) < 4.78 is 33.0. The summed E-state index contributed by atoms with van der Waals surface area (Å²) in [7, 11) is -3.71. The van der Waals surface area contributed by atoms with Gasteiger partial charge in [-0.15, -0.1) is 0 Å². The van der Waals surface area contributed by atoms with Crippen LogP contribution >= 0.6 is 22.6 Å². The molecule has 1 aromatic heterocycles. The predicted octanol–water partition coefficient (Wildman–Crippen LogP) is 2.49. The summed E-state index contributed by atoms with van der Waals surface area (Å²) in [4.78, 5) is 0.0374. The molecule has 0 radical (unpaired) electrons. The summed E-state index contributed by atoms with van der Waals surface area (Å²) in [6.45, 7) is 1.21. The largest absolute Gasteiger partial charge is 0.462 e. The Bertz CT molecular complexity index is 694. The molecule has 102 valence electrons. The molecule has 0 aliphatic carbocycles. The first-order chi connectivity index (χ1) is 8.92. The SMILES string of the molecule is Cc1oc(CO)cc1S(=O)(=O)Nc1cccc(I)c1. The number of aliphatic hydroxyl groups is 1. The highest BCUT2D eigenvalue weighted by Crippen LogP contribution is 2.23. The van der Waals surface area contributed by atoms with Gasteiger partial charge in [0.1, 0.15) is 23.0 Å². The van der Waals surface area contributed by atoms with Gasteiger partial charge in [0.05, 0.1) is 0 Å². The molecular weight excluding hydrogens is 381 g/mol. The van der Waals surface area contributed by atoms with E-state index in [0.717, 1.165) is 3.57 Å². The summed E-state index contributed by atoms with van der Waals surface area (Å²) in [5, 5.41) is 8.96. The van der Waals surface area contributed by atoms with Gasteiger partial charge in [-0.1, -0.05) is 6.07 Å². The van der Waals surface area contributed by atoms with Crippen LogP contribution in [0.4, 0.5) is 5.69 Å². The van der Waals surface area contributed by atoms with E-state index in [-0.39, 0.29) is 23.0 Å². The monoisotopic (exact) mass is 393 g/mol. The van der Waals surface area contributed by atoms with E-state index in [0.29, 0.717) is 5.69 Å². The zero-order chi connectivity index (χ0) is 14.0. The number of sulfonamides is 1. The molecule has 0 atom stereocenters. The number of nitrogens with one attached hydrogen (secondary N) is 1. The van der Waals surface area contributed by atoms with Gasteiger partial charge < -0.3 is 9.52 Å². The van der Waals surface area contributed by atoms with E-state index >= 15 is 0 Å². The minimum atomic E-state index is -3.71. The van der Waals surface area contributed by atoms with E-state index in [1.165, 1.54) is 6.07 Å². The first-order valence-corrected chi connectivity index (χ1v) is 7.97. The molecule has 2 aromatic rings. The lowest BCUT2D eigenvalue weighted by atomic mass is 10.3. The molecule has 0 amide bonds. The zero-order valence-corrected chi connectivity index (χ0v) is 13.0. The Morgan fingerprint density at radius 3 is 2.68 bits per heavy atom. The molecule has 0 bridgehead atoms. The van der Waals surface area contributed by atoms with Crippen LogP contribution in [-0.2, 0) is 16.6 Å². The molecule has 0 unspecified atom stereocenters. The molecule has 0 aliphatic rings. The summed E-state index contributed by atoms with van der Waals surface area (Å²) in [5.41, 5.74) is 0.484. The molecule has 2 N–H and O–H groups in total. The maximum Gasteiger partial charge on any atom is 0.265 e. The summed E-state index contributed by atoms with van der Waals surface area (Å²) in [6, 6.07) is 8.35. The van der Waals surface area contributed by atoms with Gasteiger partial charge in [0.25, 0.3) is 10.0 Å². The lowest BCUT2D eigenvalue weighted by Crippen LogP contribution is -2.13. The van der Waals surface area contributed by atoms with Crippen LogP contribution in [0.3, 0.4) is 0 Å². The van der Waals surface area contributed by atoms with Crippen molar-refractivity contribution >= 4 is 38.3 Å². The number of halogens is 1. The Morgan fingerprint density at radius 1 is 1.37 bits per heavy atom. The molecule has 0 saturated carbocycles. The van der Waals surface area contributed by atoms with Crippen molar-refractivity contribution in [3.63, 3.8) is 0 Å². The van der Waals surface area contributed by atoms with Crippen molar-refractivity contribution in [2.24, 2.45) is 0 Å². The number of benzene rings is 1. The van der Waals surface area contributed by atoms with Crippen molar-refractivity contribution in [1.82, 2.24) is 0 Å². The van der Waals surface area contributed by atoms with Crippen LogP contribution in [-0.4, -0.2) is 13.5 Å². The van der Waals surface area contributed by atoms with Gasteiger partial charge in [-0.2, -0.15) is 0 Å². The molecule has 5 nitrogen and oxygen atoms in total. The highest BCUT2D eigenvalue weighted by Gasteiger charge is 2.21. The summed E-state index contributed by atoms with van der Waals surface area (Å²) in [5.74, 6) is 0.475. The van der Waals surface area contributed by atoms with Crippen LogP contribution in [0.25, 0.3) is 0 Å². The minimum Gasteiger partial charge on any atom is -0.462 e. The van der Waals surface area contributed by atoms with Crippen LogP contribution in [0, 0.1) is 10.5 Å². The quantitative estimate of drug-likeness (QED) is 0.783. The van der Waals surface area contributed by atoms with Gasteiger partial charge >= 0.3 is 0 Å². The van der Waals surface area contributed by atoms with E-state index in [4.69, 9.17) is 9.52 Å². The highest BCUT2D eigenvalue weighted by atomic mass is 127. The Morgan fingerprint density at radius 2 is 2.11 bits per heavy atom. The van der Waals surface area contributed by atoms with Gasteiger partial charge in [-0.3, -0.25) is 4.72 Å². The summed E-state index contributed by atoms with van der Waals surface area (Å²) >= 11 is 2.10. The van der Waals surface area contributed by atoms with Gasteiger partial charge in [0.15, 0.2) is 0 Å². The third-order valence-electron chi connectivity index (χ3n) is 2.45. The van der Waals surface area contributed by atoms with Crippen molar-refractivity contribution in [3.05, 3.63) is 45.4 Å². The Balaban J connectivity index is 2.34. The van der Waals surface area contributed by atoms with E-state index in [1.54, 1.807) is 25.1 Å². The predicted molar refractivity (Wildman–Crippen MR) is 79.3 cm³/mol. The van der Waals surface area contributed by atoms with Crippen molar-refractivity contribution in [2.75, 3.05) is 4.72 Å². The molecule has 7 heteroatoms. The first kappa shape index (κ1) is 14.4. The number of anilines is 1. The molecule has 1 heterocycles. The molecule has 0 aliphatic heterocycles. The standard InChI is InChI=1S/C12H12INO4S/c1-8-12(6-11(7-15)18-8)19(16,17)14-10-4-2-3-9(13)5-10/h2-6,14-15H,7H2,1H3. The van der Waals surface area contributed by atoms with Gasteiger partial charge in [0.2, 0.25) is 0 Å². The van der Waals surface area contributed by atoms with Crippen LogP contribution in [0.5, 0.6) is 0 Å². The smallest absolute Gasteiger partial charge is 0.265 e. The van der Waals surface area contributed by atoms with Crippen LogP contribution in [0.15, 0.2) is 39.6 Å². The van der Waals surface area contributed by atoms with Crippen molar-refractivity contribution in [1.29, 1.82) is 0 Å². The zero-order valence-electron chi connectivity index (χ0n) is 10.1. The lowest BCUT2D eigenvalue weighted by molar-refractivity contribution is 0.245. The average molecular weight is 393 g/mol. The Hall–Kier alpha value is -1.06. The molecule has 19 heavy (non-hydrogen) atoms. The number of hydrogen-bond acceptors (Lipinski definition) is 4. The molecular formula is C12H12INO4S. The number of furan rings is 1. The molecule has 0 fully saturated rings. The van der Waals surface area contributed by atoms with Crippen molar-refractivity contribution in [2.45, 2.75) is 18.4 Å². The van der Waals surface area contributed by atoms with E-state index in [2.05, 4.69) is 27.3 Å². The average Bonchev–Trinajstić information content (AvgIpc) is 2.71. The second-order valence-corrected chi connectivity index (χ2v) is 6.80. The second kappa shape index (κ2) is 5.51. The Labute approximate surface area is 124 Å². The first-order valence-electron chi connectivity index (χ1n) is 5.41. The number of aryl methyl sites for hydroxylation is 1. The maximum atomic E-state index is 12.2. The van der Waals surface area contributed by atoms with Crippen LogP contribution in [0.1, 0.15) is 11.5 Å². The number of hydrogen-bond donors (Lipinski definition) is 2. The van der Waals surface area contributed by atoms with Crippen LogP contribution < -0.4 is 4.72 Å². The molecule has 1 aromatic carbocycles. The Kier molecular flexibility index (Phi) is 4.16. The fourth-order valence-electron chi connectivity index (χ4n) is 1.63. The third kappa shape index (κ3) is 3.28. The minimum absolute atomic E-state index is 0.0374. The fraction of sp³-hybridized carbons (Fsp3) is 0.167. The normalized spacial score (nSPS) is 11.5. The van der Waals surface area contributed by atoms with E-state index in [1.807, 2.05) is 6.07 Å². The molecule has 0 saturated heterocycles. The van der Waals surface area contributed by atoms with Gasteiger partial charge in [0, 0.05) is 15.3 Å². The number of aliphatic hydroxyl groups excluding tert-OH is 1. The van der Waals surface area contributed by atoms with Gasteiger partial charge in [-0.05, 0) is 47.7 Å². The van der Waals surface area contributed by atoms with Crippen molar-refractivity contribution < 1.29 is 17.9 Å². The fourth-order valence-corrected chi connectivity index (χ4v) is 3.43. The summed E-state index contributed by atoms with van der Waals surface area (Å²) in [6.07, 6.45) is 0. The van der Waals surface area contributed by atoms with Crippen molar-refractivity contribution in [3.8, 4) is 0 Å². The topological polar surface area (TPSA) is 79.5 Å². The second-order valence-electron chi connectivity index (χ2n) is 3.91. The lowest BCUT2D eigenvalue weighted by Gasteiger charge is -2.07. The molecule has 0 spiro atoms. The van der Waals surface area contributed by atoms with E-state index in [9.17, 15) is 8.42 Å². The van der Waals surface area contributed by atoms with E-state index < -0.39 is 10.0 Å².